The number of carbonyl (C=O) groups is 1. The van der Waals surface area contributed by atoms with Crippen molar-refractivity contribution in [3.63, 3.8) is 0 Å². The Kier molecular flexibility index (Phi) is 3.47. The molecule has 16 heavy (non-hydrogen) atoms. The molecule has 1 unspecified atom stereocenters. The highest BCUT2D eigenvalue weighted by Gasteiger charge is 2.22. The van der Waals surface area contributed by atoms with Gasteiger partial charge in [-0.3, -0.25) is 4.68 Å². The van der Waals surface area contributed by atoms with E-state index in [4.69, 9.17) is 15.2 Å². The average Bonchev–Trinajstić information content (AvgIpc) is 2.89. The van der Waals surface area contributed by atoms with Crippen molar-refractivity contribution in [2.75, 3.05) is 19.8 Å². The largest absolute Gasteiger partial charge is 0.455 e. The number of aromatic nitrogens is 3. The summed E-state index contributed by atoms with van der Waals surface area (Å²) in [6, 6.07) is 0. The molecule has 0 aliphatic carbocycles. The van der Waals surface area contributed by atoms with Crippen LogP contribution in [-0.2, 0) is 16.0 Å². The summed E-state index contributed by atoms with van der Waals surface area (Å²) < 4.78 is 11.8. The average molecular weight is 226 g/mol. The Hall–Kier alpha value is -1.47. The van der Waals surface area contributed by atoms with Crippen LogP contribution >= 0.6 is 0 Å². The molecule has 1 aromatic heterocycles. The summed E-state index contributed by atoms with van der Waals surface area (Å²) in [5.74, 6) is -0.459. The van der Waals surface area contributed by atoms with Crippen molar-refractivity contribution in [2.45, 2.75) is 19.1 Å². The molecule has 88 valence electrons. The molecule has 1 aliphatic rings. The van der Waals surface area contributed by atoms with Crippen molar-refractivity contribution in [3.05, 3.63) is 11.9 Å². The molecule has 1 fully saturated rings. The van der Waals surface area contributed by atoms with Gasteiger partial charge < -0.3 is 15.2 Å². The Morgan fingerprint density at radius 2 is 2.62 bits per heavy atom. The van der Waals surface area contributed by atoms with Crippen molar-refractivity contribution in [2.24, 2.45) is 5.73 Å². The SMILES string of the molecule is NCCn1cc(C(=O)OC2CCOC2)nn1. The van der Waals surface area contributed by atoms with Gasteiger partial charge in [-0.05, 0) is 0 Å². The Bertz CT molecular complexity index is 359. The van der Waals surface area contributed by atoms with Gasteiger partial charge in [-0.25, -0.2) is 4.79 Å². The van der Waals surface area contributed by atoms with Crippen LogP contribution < -0.4 is 5.73 Å². The van der Waals surface area contributed by atoms with Gasteiger partial charge >= 0.3 is 5.97 Å². The molecule has 2 heterocycles. The summed E-state index contributed by atoms with van der Waals surface area (Å²) in [5, 5.41) is 7.47. The Morgan fingerprint density at radius 1 is 1.75 bits per heavy atom. The lowest BCUT2D eigenvalue weighted by Gasteiger charge is -2.07. The van der Waals surface area contributed by atoms with E-state index in [0.29, 0.717) is 26.3 Å². The predicted octanol–water partition coefficient (Wildman–Crippen LogP) is -0.818. The molecule has 0 bridgehead atoms. The smallest absolute Gasteiger partial charge is 0.360 e. The minimum absolute atomic E-state index is 0.160. The molecule has 0 radical (unpaired) electrons. The lowest BCUT2D eigenvalue weighted by molar-refractivity contribution is 0.0264. The highest BCUT2D eigenvalue weighted by atomic mass is 16.6. The normalized spacial score (nSPS) is 19.9. The number of hydrogen-bond acceptors (Lipinski definition) is 6. The van der Waals surface area contributed by atoms with Crippen LogP contribution in [0.2, 0.25) is 0 Å². The Balaban J connectivity index is 1.91. The van der Waals surface area contributed by atoms with Gasteiger partial charge in [0.2, 0.25) is 0 Å². The molecule has 1 aliphatic heterocycles. The van der Waals surface area contributed by atoms with Crippen LogP contribution in [0, 0.1) is 0 Å². The number of rotatable bonds is 4. The van der Waals surface area contributed by atoms with Gasteiger partial charge in [-0.1, -0.05) is 5.21 Å². The molecule has 0 spiro atoms. The Morgan fingerprint density at radius 3 is 3.31 bits per heavy atom. The standard InChI is InChI=1S/C9H14N4O3/c10-2-3-13-5-8(11-12-13)9(14)16-7-1-4-15-6-7/h5,7H,1-4,6,10H2. The van der Waals surface area contributed by atoms with E-state index in [0.717, 1.165) is 6.42 Å². The number of nitrogens with zero attached hydrogens (tertiary/aromatic N) is 3. The molecule has 0 saturated carbocycles. The fraction of sp³-hybridized carbons (Fsp3) is 0.667. The molecule has 7 heteroatoms. The summed E-state index contributed by atoms with van der Waals surface area (Å²) in [6.07, 6.45) is 2.11. The summed E-state index contributed by atoms with van der Waals surface area (Å²) >= 11 is 0. The Labute approximate surface area is 92.5 Å². The first-order valence-electron chi connectivity index (χ1n) is 5.18. The van der Waals surface area contributed by atoms with Gasteiger partial charge in [0.15, 0.2) is 5.69 Å². The fourth-order valence-electron chi connectivity index (χ4n) is 1.45. The molecule has 0 aromatic carbocycles. The molecule has 0 amide bonds. The lowest BCUT2D eigenvalue weighted by Crippen LogP contribution is -2.18. The van der Waals surface area contributed by atoms with Crippen molar-refractivity contribution in [1.29, 1.82) is 0 Å². The van der Waals surface area contributed by atoms with Crippen LogP contribution in [0.15, 0.2) is 6.20 Å². The van der Waals surface area contributed by atoms with E-state index in [1.54, 1.807) is 0 Å². The van der Waals surface area contributed by atoms with E-state index in [1.807, 2.05) is 0 Å². The van der Waals surface area contributed by atoms with Gasteiger partial charge in [-0.15, -0.1) is 5.10 Å². The maximum absolute atomic E-state index is 11.6. The monoisotopic (exact) mass is 226 g/mol. The van der Waals surface area contributed by atoms with E-state index >= 15 is 0 Å². The summed E-state index contributed by atoms with van der Waals surface area (Å²) in [7, 11) is 0. The van der Waals surface area contributed by atoms with Crippen LogP contribution in [0.3, 0.4) is 0 Å². The highest BCUT2D eigenvalue weighted by molar-refractivity contribution is 5.86. The van der Waals surface area contributed by atoms with Crippen molar-refractivity contribution < 1.29 is 14.3 Å². The second-order valence-electron chi connectivity index (χ2n) is 3.55. The third-order valence-corrected chi connectivity index (χ3v) is 2.27. The van der Waals surface area contributed by atoms with E-state index in [1.165, 1.54) is 10.9 Å². The highest BCUT2D eigenvalue weighted by Crippen LogP contribution is 2.10. The number of ether oxygens (including phenoxy) is 2. The van der Waals surface area contributed by atoms with Crippen molar-refractivity contribution in [1.82, 2.24) is 15.0 Å². The number of hydrogen-bond donors (Lipinski definition) is 1. The van der Waals surface area contributed by atoms with Crippen LogP contribution in [0.5, 0.6) is 0 Å². The molecular formula is C9H14N4O3. The summed E-state index contributed by atoms with van der Waals surface area (Å²) in [4.78, 5) is 11.6. The van der Waals surface area contributed by atoms with Crippen LogP contribution in [0.25, 0.3) is 0 Å². The van der Waals surface area contributed by atoms with E-state index in [9.17, 15) is 4.79 Å². The fourth-order valence-corrected chi connectivity index (χ4v) is 1.45. The zero-order chi connectivity index (χ0) is 11.4. The van der Waals surface area contributed by atoms with Crippen molar-refractivity contribution >= 4 is 5.97 Å². The zero-order valence-electron chi connectivity index (χ0n) is 8.83. The second kappa shape index (κ2) is 5.04. The van der Waals surface area contributed by atoms with Crippen molar-refractivity contribution in [3.8, 4) is 0 Å². The van der Waals surface area contributed by atoms with Crippen LogP contribution in [-0.4, -0.2) is 46.8 Å². The van der Waals surface area contributed by atoms with E-state index in [-0.39, 0.29) is 11.8 Å². The minimum atomic E-state index is -0.459. The van der Waals surface area contributed by atoms with Gasteiger partial charge in [0, 0.05) is 13.0 Å². The van der Waals surface area contributed by atoms with Gasteiger partial charge in [0.1, 0.15) is 6.10 Å². The topological polar surface area (TPSA) is 92.3 Å². The molecule has 2 rings (SSSR count). The van der Waals surface area contributed by atoms with Crippen LogP contribution in [0.4, 0.5) is 0 Å². The second-order valence-corrected chi connectivity index (χ2v) is 3.55. The van der Waals surface area contributed by atoms with Crippen LogP contribution in [0.1, 0.15) is 16.9 Å². The zero-order valence-corrected chi connectivity index (χ0v) is 8.83. The van der Waals surface area contributed by atoms with Gasteiger partial charge in [0.05, 0.1) is 26.0 Å². The molecule has 1 aromatic rings. The molecule has 7 nitrogen and oxygen atoms in total. The first kappa shape index (κ1) is 11.0. The molecule has 2 N–H and O–H groups in total. The third-order valence-electron chi connectivity index (χ3n) is 2.27. The summed E-state index contributed by atoms with van der Waals surface area (Å²) in [6.45, 7) is 2.08. The predicted molar refractivity (Wildman–Crippen MR) is 53.7 cm³/mol. The maximum atomic E-state index is 11.6. The molecular weight excluding hydrogens is 212 g/mol. The first-order valence-corrected chi connectivity index (χ1v) is 5.18. The first-order chi connectivity index (χ1) is 7.79. The van der Waals surface area contributed by atoms with Gasteiger partial charge in [0.25, 0.3) is 0 Å². The minimum Gasteiger partial charge on any atom is -0.455 e. The quantitative estimate of drug-likeness (QED) is 0.674. The number of esters is 1. The van der Waals surface area contributed by atoms with Gasteiger partial charge in [-0.2, -0.15) is 0 Å². The lowest BCUT2D eigenvalue weighted by atomic mass is 10.3. The third kappa shape index (κ3) is 2.56. The van der Waals surface area contributed by atoms with E-state index < -0.39 is 5.97 Å². The number of nitrogens with two attached hydrogens (primary N) is 1. The molecule has 1 atom stereocenters. The summed E-state index contributed by atoms with van der Waals surface area (Å²) in [5.41, 5.74) is 5.57. The maximum Gasteiger partial charge on any atom is 0.360 e. The molecule has 1 saturated heterocycles. The van der Waals surface area contributed by atoms with E-state index in [2.05, 4.69) is 10.3 Å². The number of carbonyl (C=O) groups excluding carboxylic acids is 1.